The van der Waals surface area contributed by atoms with Crippen LogP contribution in [0.25, 0.3) is 0 Å². The first kappa shape index (κ1) is 10.8. The highest BCUT2D eigenvalue weighted by atomic mass is 15.1. The van der Waals surface area contributed by atoms with Gasteiger partial charge in [-0.3, -0.25) is 5.41 Å². The van der Waals surface area contributed by atoms with Gasteiger partial charge in [0.1, 0.15) is 0 Å². The molecule has 0 radical (unpaired) electrons. The molecule has 2 nitrogen and oxygen atoms in total. The first-order chi connectivity index (χ1) is 6.56. The second-order valence-electron chi connectivity index (χ2n) is 3.65. The molecule has 76 valence electrons. The molecule has 0 aliphatic carbocycles. The van der Waals surface area contributed by atoms with Crippen LogP contribution < -0.4 is 4.90 Å². The summed E-state index contributed by atoms with van der Waals surface area (Å²) in [6.45, 7) is 6.17. The fourth-order valence-corrected chi connectivity index (χ4v) is 1.56. The Kier molecular flexibility index (Phi) is 3.28. The van der Waals surface area contributed by atoms with Crippen molar-refractivity contribution in [3.8, 4) is 0 Å². The Labute approximate surface area is 86.1 Å². The number of hydrogen-bond donors (Lipinski definition) is 1. The number of nitrogens with zero attached hydrogens (tertiary/aromatic N) is 1. The van der Waals surface area contributed by atoms with Crippen LogP contribution in [-0.4, -0.2) is 12.9 Å². The molecule has 1 aromatic rings. The van der Waals surface area contributed by atoms with Gasteiger partial charge in [-0.25, -0.2) is 0 Å². The minimum Gasteiger partial charge on any atom is -0.333 e. The molecule has 0 saturated heterocycles. The second-order valence-corrected chi connectivity index (χ2v) is 3.65. The quantitative estimate of drug-likeness (QED) is 0.563. The molecule has 0 amide bonds. The summed E-state index contributed by atoms with van der Waals surface area (Å²) in [5, 5.41) is 7.76. The van der Waals surface area contributed by atoms with Gasteiger partial charge < -0.3 is 4.90 Å². The summed E-state index contributed by atoms with van der Waals surface area (Å²) in [5.74, 6) is 0.650. The van der Waals surface area contributed by atoms with Gasteiger partial charge in [0.05, 0.1) is 5.84 Å². The molecular weight excluding hydrogens is 172 g/mol. The molecule has 0 aromatic heterocycles. The topological polar surface area (TPSA) is 27.1 Å². The van der Waals surface area contributed by atoms with Gasteiger partial charge in [-0.15, -0.1) is 0 Å². The highest BCUT2D eigenvalue weighted by Crippen LogP contribution is 2.20. The number of nitrogens with one attached hydrogen (secondary N) is 1. The molecule has 0 aliphatic heterocycles. The predicted octanol–water partition coefficient (Wildman–Crippen LogP) is 3.13. The van der Waals surface area contributed by atoms with Crippen molar-refractivity contribution in [2.45, 2.75) is 27.2 Å². The van der Waals surface area contributed by atoms with Crippen LogP contribution in [0.5, 0.6) is 0 Å². The summed E-state index contributed by atoms with van der Waals surface area (Å²) < 4.78 is 0. The maximum atomic E-state index is 7.76. The van der Waals surface area contributed by atoms with Crippen molar-refractivity contribution in [2.75, 3.05) is 11.9 Å². The summed E-state index contributed by atoms with van der Waals surface area (Å²) in [6, 6.07) is 6.31. The van der Waals surface area contributed by atoms with E-state index in [0.29, 0.717) is 5.84 Å². The highest BCUT2D eigenvalue weighted by Gasteiger charge is 2.07. The molecule has 0 bridgehead atoms. The molecule has 1 aromatic carbocycles. The SMILES string of the molecule is CCC(=N)N(C)c1ccc(C)cc1C. The van der Waals surface area contributed by atoms with Gasteiger partial charge in [-0.2, -0.15) is 0 Å². The van der Waals surface area contributed by atoms with Gasteiger partial charge in [0.2, 0.25) is 0 Å². The molecule has 0 unspecified atom stereocenters. The van der Waals surface area contributed by atoms with Crippen molar-refractivity contribution in [3.05, 3.63) is 29.3 Å². The summed E-state index contributed by atoms with van der Waals surface area (Å²) in [5.41, 5.74) is 3.62. The predicted molar refractivity (Wildman–Crippen MR) is 62.3 cm³/mol. The summed E-state index contributed by atoms with van der Waals surface area (Å²) in [6.07, 6.45) is 0.768. The molecule has 0 atom stereocenters. The van der Waals surface area contributed by atoms with Crippen molar-refractivity contribution >= 4 is 11.5 Å². The third kappa shape index (κ3) is 2.13. The van der Waals surface area contributed by atoms with Gasteiger partial charge in [-0.1, -0.05) is 24.6 Å². The van der Waals surface area contributed by atoms with E-state index in [1.54, 1.807) is 0 Å². The Morgan fingerprint density at radius 2 is 2.00 bits per heavy atom. The number of rotatable bonds is 2. The van der Waals surface area contributed by atoms with Crippen LogP contribution in [0.1, 0.15) is 24.5 Å². The van der Waals surface area contributed by atoms with Crippen molar-refractivity contribution in [1.82, 2.24) is 0 Å². The Hall–Kier alpha value is -1.31. The molecule has 1 N–H and O–H groups in total. The molecule has 0 heterocycles. The Morgan fingerprint density at radius 3 is 2.50 bits per heavy atom. The molecule has 0 fully saturated rings. The average Bonchev–Trinajstić information content (AvgIpc) is 2.15. The largest absolute Gasteiger partial charge is 0.333 e. The number of amidine groups is 1. The maximum absolute atomic E-state index is 7.76. The third-order valence-electron chi connectivity index (χ3n) is 2.45. The van der Waals surface area contributed by atoms with Crippen molar-refractivity contribution in [2.24, 2.45) is 0 Å². The first-order valence-corrected chi connectivity index (χ1v) is 4.94. The lowest BCUT2D eigenvalue weighted by atomic mass is 10.1. The van der Waals surface area contributed by atoms with Crippen LogP contribution in [0.2, 0.25) is 0 Å². The molecule has 14 heavy (non-hydrogen) atoms. The van der Waals surface area contributed by atoms with Crippen LogP contribution in [0, 0.1) is 19.3 Å². The van der Waals surface area contributed by atoms with Crippen molar-refractivity contribution in [1.29, 1.82) is 5.41 Å². The summed E-state index contributed by atoms with van der Waals surface area (Å²) in [7, 11) is 1.95. The normalized spacial score (nSPS) is 10.0. The van der Waals surface area contributed by atoms with Gasteiger partial charge in [0.25, 0.3) is 0 Å². The molecule has 0 aliphatic rings. The fraction of sp³-hybridized carbons (Fsp3) is 0.417. The lowest BCUT2D eigenvalue weighted by Crippen LogP contribution is -2.25. The highest BCUT2D eigenvalue weighted by molar-refractivity contribution is 5.95. The number of hydrogen-bond acceptors (Lipinski definition) is 1. The van der Waals surface area contributed by atoms with E-state index < -0.39 is 0 Å². The summed E-state index contributed by atoms with van der Waals surface area (Å²) in [4.78, 5) is 1.94. The van der Waals surface area contributed by atoms with Crippen LogP contribution in [0.3, 0.4) is 0 Å². The van der Waals surface area contributed by atoms with Crippen LogP contribution >= 0.6 is 0 Å². The lowest BCUT2D eigenvalue weighted by Gasteiger charge is -2.21. The maximum Gasteiger partial charge on any atom is 0.0997 e. The average molecular weight is 190 g/mol. The first-order valence-electron chi connectivity index (χ1n) is 4.94. The molecular formula is C12H18N2. The van der Waals surface area contributed by atoms with Crippen LogP contribution in [0.15, 0.2) is 18.2 Å². The van der Waals surface area contributed by atoms with Crippen LogP contribution in [0.4, 0.5) is 5.69 Å². The summed E-state index contributed by atoms with van der Waals surface area (Å²) >= 11 is 0. The zero-order valence-electron chi connectivity index (χ0n) is 9.39. The van der Waals surface area contributed by atoms with E-state index in [9.17, 15) is 0 Å². The minimum absolute atomic E-state index is 0.650. The van der Waals surface area contributed by atoms with Crippen molar-refractivity contribution < 1.29 is 0 Å². The Balaban J connectivity index is 3.01. The monoisotopic (exact) mass is 190 g/mol. The fourth-order valence-electron chi connectivity index (χ4n) is 1.56. The van der Waals surface area contributed by atoms with Crippen LogP contribution in [-0.2, 0) is 0 Å². The van der Waals surface area contributed by atoms with E-state index in [1.807, 2.05) is 18.9 Å². The van der Waals surface area contributed by atoms with E-state index in [0.717, 1.165) is 12.1 Å². The van der Waals surface area contributed by atoms with E-state index in [1.165, 1.54) is 11.1 Å². The van der Waals surface area contributed by atoms with Gasteiger partial charge >= 0.3 is 0 Å². The second kappa shape index (κ2) is 4.27. The molecule has 0 saturated carbocycles. The standard InChI is InChI=1S/C12H18N2/c1-5-12(13)14(4)11-7-6-9(2)8-10(11)3/h6-8,13H,5H2,1-4H3. The lowest BCUT2D eigenvalue weighted by molar-refractivity contribution is 1.11. The van der Waals surface area contributed by atoms with Gasteiger partial charge in [-0.05, 0) is 25.5 Å². The Morgan fingerprint density at radius 1 is 1.36 bits per heavy atom. The van der Waals surface area contributed by atoms with E-state index in [2.05, 4.69) is 32.0 Å². The zero-order chi connectivity index (χ0) is 10.7. The van der Waals surface area contributed by atoms with Gasteiger partial charge in [0, 0.05) is 19.2 Å². The Bertz CT molecular complexity index is 342. The minimum atomic E-state index is 0.650. The van der Waals surface area contributed by atoms with E-state index >= 15 is 0 Å². The number of anilines is 1. The third-order valence-corrected chi connectivity index (χ3v) is 2.45. The number of aryl methyl sites for hydroxylation is 2. The zero-order valence-corrected chi connectivity index (χ0v) is 9.39. The smallest absolute Gasteiger partial charge is 0.0997 e. The van der Waals surface area contributed by atoms with E-state index in [-0.39, 0.29) is 0 Å². The number of benzene rings is 1. The molecule has 0 spiro atoms. The van der Waals surface area contributed by atoms with E-state index in [4.69, 9.17) is 5.41 Å². The molecule has 1 rings (SSSR count). The molecule has 2 heteroatoms. The van der Waals surface area contributed by atoms with Gasteiger partial charge in [0.15, 0.2) is 0 Å². The van der Waals surface area contributed by atoms with Crippen molar-refractivity contribution in [3.63, 3.8) is 0 Å².